The molecule has 2 aromatic rings. The fourth-order valence-corrected chi connectivity index (χ4v) is 2.48. The van der Waals surface area contributed by atoms with E-state index in [-0.39, 0.29) is 24.2 Å². The van der Waals surface area contributed by atoms with Gasteiger partial charge in [-0.05, 0) is 42.3 Å². The maximum Gasteiger partial charge on any atom is 0.573 e. The highest BCUT2D eigenvalue weighted by Gasteiger charge is 2.31. The van der Waals surface area contributed by atoms with E-state index in [9.17, 15) is 18.0 Å². The molecule has 3 rings (SSSR count). The minimum Gasteiger partial charge on any atom is -0.492 e. The zero-order valence-electron chi connectivity index (χ0n) is 12.5. The Labute approximate surface area is 136 Å². The van der Waals surface area contributed by atoms with E-state index in [1.54, 1.807) is 0 Å². The van der Waals surface area contributed by atoms with Crippen LogP contribution in [0.15, 0.2) is 48.5 Å². The molecule has 126 valence electrons. The predicted molar refractivity (Wildman–Crippen MR) is 80.9 cm³/mol. The van der Waals surface area contributed by atoms with Gasteiger partial charge in [0.25, 0.3) is 0 Å². The molecule has 1 heterocycles. The number of amides is 1. The number of nitrogens with one attached hydrogen (secondary N) is 1. The quantitative estimate of drug-likeness (QED) is 0.927. The van der Waals surface area contributed by atoms with Crippen molar-refractivity contribution in [3.8, 4) is 11.5 Å². The zero-order chi connectivity index (χ0) is 17.2. The van der Waals surface area contributed by atoms with Crippen LogP contribution in [0.4, 0.5) is 18.9 Å². The Balaban J connectivity index is 1.61. The van der Waals surface area contributed by atoms with E-state index in [1.165, 1.54) is 12.1 Å². The molecule has 1 N–H and O–H groups in total. The van der Waals surface area contributed by atoms with E-state index in [2.05, 4.69) is 10.1 Å². The van der Waals surface area contributed by atoms with Crippen LogP contribution in [0.3, 0.4) is 0 Å². The maximum atomic E-state index is 12.3. The van der Waals surface area contributed by atoms with Gasteiger partial charge in [-0.2, -0.15) is 0 Å². The van der Waals surface area contributed by atoms with Crippen LogP contribution in [0.1, 0.15) is 5.56 Å². The smallest absolute Gasteiger partial charge is 0.492 e. The number of benzene rings is 2. The highest BCUT2D eigenvalue weighted by molar-refractivity contribution is 5.93. The molecular weight excluding hydrogens is 323 g/mol. The summed E-state index contributed by atoms with van der Waals surface area (Å²) in [6.07, 6.45) is -4.19. The van der Waals surface area contributed by atoms with Crippen LogP contribution in [0, 0.1) is 5.92 Å². The van der Waals surface area contributed by atoms with Gasteiger partial charge in [0.15, 0.2) is 0 Å². The molecule has 0 aromatic heterocycles. The molecular formula is C17H14F3NO3. The van der Waals surface area contributed by atoms with Gasteiger partial charge in [-0.15, -0.1) is 13.2 Å². The first-order valence-corrected chi connectivity index (χ1v) is 7.28. The fourth-order valence-electron chi connectivity index (χ4n) is 2.48. The van der Waals surface area contributed by atoms with Crippen molar-refractivity contribution >= 4 is 11.6 Å². The van der Waals surface area contributed by atoms with Crippen molar-refractivity contribution in [2.24, 2.45) is 5.92 Å². The molecule has 7 heteroatoms. The van der Waals surface area contributed by atoms with Crippen LogP contribution in [-0.4, -0.2) is 18.9 Å². The average Bonchev–Trinajstić information content (AvgIpc) is 2.55. The summed E-state index contributed by atoms with van der Waals surface area (Å²) in [5, 5.41) is 2.68. The lowest BCUT2D eigenvalue weighted by Gasteiger charge is -2.24. The number of ether oxygens (including phenoxy) is 2. The third kappa shape index (κ3) is 3.98. The SMILES string of the molecule is O=C(Nc1ccc(OC(F)(F)F)cc1)C1COc2ccccc2C1. The number of para-hydroxylation sites is 1. The van der Waals surface area contributed by atoms with Gasteiger partial charge in [0, 0.05) is 5.69 Å². The molecule has 0 saturated carbocycles. The van der Waals surface area contributed by atoms with Crippen molar-refractivity contribution < 1.29 is 27.4 Å². The summed E-state index contributed by atoms with van der Waals surface area (Å²) in [4.78, 5) is 12.3. The number of carbonyl (C=O) groups excluding carboxylic acids is 1. The first-order chi connectivity index (χ1) is 11.4. The largest absolute Gasteiger partial charge is 0.573 e. The van der Waals surface area contributed by atoms with Gasteiger partial charge in [-0.25, -0.2) is 0 Å². The van der Waals surface area contributed by atoms with E-state index >= 15 is 0 Å². The number of carbonyl (C=O) groups is 1. The monoisotopic (exact) mass is 337 g/mol. The lowest BCUT2D eigenvalue weighted by Crippen LogP contribution is -2.32. The first-order valence-electron chi connectivity index (χ1n) is 7.28. The van der Waals surface area contributed by atoms with Crippen LogP contribution in [0.25, 0.3) is 0 Å². The normalized spacial score (nSPS) is 16.7. The molecule has 4 nitrogen and oxygen atoms in total. The Bertz CT molecular complexity index is 729. The van der Waals surface area contributed by atoms with E-state index < -0.39 is 6.36 Å². The fraction of sp³-hybridized carbons (Fsp3) is 0.235. The van der Waals surface area contributed by atoms with Crippen molar-refractivity contribution in [2.45, 2.75) is 12.8 Å². The molecule has 2 aromatic carbocycles. The minimum atomic E-state index is -4.74. The van der Waals surface area contributed by atoms with Crippen LogP contribution in [-0.2, 0) is 11.2 Å². The summed E-state index contributed by atoms with van der Waals surface area (Å²) in [6.45, 7) is 0.262. The summed E-state index contributed by atoms with van der Waals surface area (Å²) in [7, 11) is 0. The van der Waals surface area contributed by atoms with Crippen molar-refractivity contribution in [3.63, 3.8) is 0 Å². The van der Waals surface area contributed by atoms with Crippen molar-refractivity contribution in [2.75, 3.05) is 11.9 Å². The lowest BCUT2D eigenvalue weighted by atomic mass is 9.96. The highest BCUT2D eigenvalue weighted by atomic mass is 19.4. The van der Waals surface area contributed by atoms with E-state index in [0.29, 0.717) is 12.1 Å². The Morgan fingerprint density at radius 2 is 1.83 bits per heavy atom. The van der Waals surface area contributed by atoms with Gasteiger partial charge in [0.05, 0.1) is 5.92 Å². The predicted octanol–water partition coefficient (Wildman–Crippen LogP) is 3.78. The minimum absolute atomic E-state index is 0.242. The molecule has 0 fully saturated rings. The molecule has 0 spiro atoms. The lowest BCUT2D eigenvalue weighted by molar-refractivity contribution is -0.274. The number of rotatable bonds is 3. The second kappa shape index (κ2) is 6.43. The first kappa shape index (κ1) is 16.2. The summed E-state index contributed by atoms with van der Waals surface area (Å²) in [5.74, 6) is -0.161. The topological polar surface area (TPSA) is 47.6 Å². The van der Waals surface area contributed by atoms with Gasteiger partial charge in [-0.1, -0.05) is 18.2 Å². The second-order valence-electron chi connectivity index (χ2n) is 5.38. The molecule has 0 saturated heterocycles. The van der Waals surface area contributed by atoms with Gasteiger partial charge >= 0.3 is 6.36 Å². The van der Waals surface area contributed by atoms with Gasteiger partial charge in [-0.3, -0.25) is 4.79 Å². The molecule has 1 atom stereocenters. The third-order valence-electron chi connectivity index (χ3n) is 3.61. The van der Waals surface area contributed by atoms with Crippen LogP contribution >= 0.6 is 0 Å². The Morgan fingerprint density at radius 3 is 2.54 bits per heavy atom. The Kier molecular flexibility index (Phi) is 4.33. The number of alkyl halides is 3. The summed E-state index contributed by atoms with van der Waals surface area (Å²) in [5.41, 5.74) is 1.35. The van der Waals surface area contributed by atoms with Crippen molar-refractivity contribution in [3.05, 3.63) is 54.1 Å². The van der Waals surface area contributed by atoms with E-state index in [4.69, 9.17) is 4.74 Å². The summed E-state index contributed by atoms with van der Waals surface area (Å²) < 4.78 is 45.7. The van der Waals surface area contributed by atoms with Crippen molar-refractivity contribution in [1.29, 1.82) is 0 Å². The molecule has 1 unspecified atom stereocenters. The van der Waals surface area contributed by atoms with Crippen LogP contribution < -0.4 is 14.8 Å². The third-order valence-corrected chi connectivity index (χ3v) is 3.61. The Morgan fingerprint density at radius 1 is 1.12 bits per heavy atom. The van der Waals surface area contributed by atoms with Crippen molar-refractivity contribution in [1.82, 2.24) is 0 Å². The standard InChI is InChI=1S/C17H14F3NO3/c18-17(19,20)24-14-7-5-13(6-8-14)21-16(22)12-9-11-3-1-2-4-15(11)23-10-12/h1-8,12H,9-10H2,(H,21,22). The maximum absolute atomic E-state index is 12.3. The Hall–Kier alpha value is -2.70. The van der Waals surface area contributed by atoms with E-state index in [1.807, 2.05) is 24.3 Å². The summed E-state index contributed by atoms with van der Waals surface area (Å²) >= 11 is 0. The van der Waals surface area contributed by atoms with E-state index in [0.717, 1.165) is 23.4 Å². The van der Waals surface area contributed by atoms with Gasteiger partial charge < -0.3 is 14.8 Å². The number of halogens is 3. The van der Waals surface area contributed by atoms with Crippen LogP contribution in [0.5, 0.6) is 11.5 Å². The molecule has 0 bridgehead atoms. The number of hydrogen-bond donors (Lipinski definition) is 1. The molecule has 24 heavy (non-hydrogen) atoms. The number of fused-ring (bicyclic) bond motifs is 1. The van der Waals surface area contributed by atoms with Gasteiger partial charge in [0.1, 0.15) is 18.1 Å². The number of hydrogen-bond acceptors (Lipinski definition) is 3. The van der Waals surface area contributed by atoms with Gasteiger partial charge in [0.2, 0.25) is 5.91 Å². The molecule has 0 radical (unpaired) electrons. The zero-order valence-corrected chi connectivity index (χ0v) is 12.5. The molecule has 1 aliphatic rings. The molecule has 0 aliphatic carbocycles. The highest BCUT2D eigenvalue weighted by Crippen LogP contribution is 2.28. The second-order valence-corrected chi connectivity index (χ2v) is 5.38. The van der Waals surface area contributed by atoms with Crippen LogP contribution in [0.2, 0.25) is 0 Å². The molecule has 1 amide bonds. The summed E-state index contributed by atoms with van der Waals surface area (Å²) in [6, 6.07) is 12.5. The average molecular weight is 337 g/mol. The molecule has 1 aliphatic heterocycles. The number of anilines is 1.